The Morgan fingerprint density at radius 3 is 2.53 bits per heavy atom. The van der Waals surface area contributed by atoms with E-state index in [2.05, 4.69) is 10.5 Å². The van der Waals surface area contributed by atoms with Crippen LogP contribution in [0, 0.1) is 13.8 Å². The van der Waals surface area contributed by atoms with Gasteiger partial charge in [-0.3, -0.25) is 9.59 Å². The number of nitrogens with zero attached hydrogens (tertiary/aromatic N) is 2. The maximum atomic E-state index is 13.4. The summed E-state index contributed by atoms with van der Waals surface area (Å²) < 4.78 is 5.34. The van der Waals surface area contributed by atoms with Crippen LogP contribution in [0.4, 0.5) is 0 Å². The summed E-state index contributed by atoms with van der Waals surface area (Å²) in [5.74, 6) is 0.484. The largest absolute Gasteiger partial charge is 0.361 e. The first kappa shape index (κ1) is 20.0. The van der Waals surface area contributed by atoms with Crippen molar-refractivity contribution in [2.45, 2.75) is 25.8 Å². The number of carbonyl (C=O) groups excluding carboxylic acids is 2. The van der Waals surface area contributed by atoms with Gasteiger partial charge in [-0.05, 0) is 56.3 Å². The SMILES string of the molecule is Cc1noc(C)c1-c1ccc2c(c1)C(NC(=O)CN(C)C)(c1ccccc1)C(=O)C2. The first-order chi connectivity index (χ1) is 14.3. The lowest BCUT2D eigenvalue weighted by atomic mass is 9.82. The minimum atomic E-state index is -1.21. The summed E-state index contributed by atoms with van der Waals surface area (Å²) in [6.45, 7) is 3.96. The Balaban J connectivity index is 1.91. The van der Waals surface area contributed by atoms with Gasteiger partial charge in [-0.15, -0.1) is 0 Å². The average Bonchev–Trinajstić information content (AvgIpc) is 3.18. The summed E-state index contributed by atoms with van der Waals surface area (Å²) >= 11 is 0. The number of rotatable bonds is 5. The number of benzene rings is 2. The highest BCUT2D eigenvalue weighted by Gasteiger charge is 2.49. The molecule has 1 heterocycles. The number of aryl methyl sites for hydroxylation is 2. The third-order valence-electron chi connectivity index (χ3n) is 5.60. The van der Waals surface area contributed by atoms with Crippen LogP contribution in [0.15, 0.2) is 53.1 Å². The van der Waals surface area contributed by atoms with Crippen LogP contribution < -0.4 is 5.32 Å². The number of hydrogen-bond acceptors (Lipinski definition) is 5. The molecule has 1 amide bonds. The summed E-state index contributed by atoms with van der Waals surface area (Å²) in [6.07, 6.45) is 0.272. The Morgan fingerprint density at radius 2 is 1.90 bits per heavy atom. The molecular formula is C24H25N3O3. The molecule has 0 radical (unpaired) electrons. The van der Waals surface area contributed by atoms with E-state index < -0.39 is 5.54 Å². The van der Waals surface area contributed by atoms with Gasteiger partial charge >= 0.3 is 0 Å². The monoisotopic (exact) mass is 403 g/mol. The van der Waals surface area contributed by atoms with Gasteiger partial charge in [0.15, 0.2) is 11.3 Å². The molecule has 1 aliphatic carbocycles. The highest BCUT2D eigenvalue weighted by Crippen LogP contribution is 2.42. The van der Waals surface area contributed by atoms with Crippen molar-refractivity contribution in [2.24, 2.45) is 0 Å². The number of aromatic nitrogens is 1. The Morgan fingerprint density at radius 1 is 1.17 bits per heavy atom. The van der Waals surface area contributed by atoms with E-state index in [4.69, 9.17) is 4.52 Å². The van der Waals surface area contributed by atoms with Gasteiger partial charge in [0, 0.05) is 12.0 Å². The number of ketones is 1. The predicted molar refractivity (Wildman–Crippen MR) is 114 cm³/mol. The number of nitrogens with one attached hydrogen (secondary N) is 1. The lowest BCUT2D eigenvalue weighted by molar-refractivity contribution is -0.130. The van der Waals surface area contributed by atoms with Gasteiger partial charge in [0.1, 0.15) is 5.76 Å². The fourth-order valence-electron chi connectivity index (χ4n) is 4.34. The van der Waals surface area contributed by atoms with E-state index >= 15 is 0 Å². The highest BCUT2D eigenvalue weighted by atomic mass is 16.5. The van der Waals surface area contributed by atoms with Crippen LogP contribution in [0.3, 0.4) is 0 Å². The fraction of sp³-hybridized carbons (Fsp3) is 0.292. The maximum absolute atomic E-state index is 13.4. The van der Waals surface area contributed by atoms with Crippen LogP contribution in [0.5, 0.6) is 0 Å². The second-order valence-corrected chi connectivity index (χ2v) is 8.07. The molecule has 6 heteroatoms. The highest BCUT2D eigenvalue weighted by molar-refractivity contribution is 6.03. The molecule has 0 aliphatic heterocycles. The quantitative estimate of drug-likeness (QED) is 0.709. The first-order valence-electron chi connectivity index (χ1n) is 9.94. The number of amides is 1. The van der Waals surface area contributed by atoms with Gasteiger partial charge < -0.3 is 14.7 Å². The van der Waals surface area contributed by atoms with E-state index in [9.17, 15) is 9.59 Å². The summed E-state index contributed by atoms with van der Waals surface area (Å²) in [6, 6.07) is 15.4. The van der Waals surface area contributed by atoms with E-state index in [0.717, 1.165) is 39.3 Å². The van der Waals surface area contributed by atoms with Crippen molar-refractivity contribution in [2.75, 3.05) is 20.6 Å². The Kier molecular flexibility index (Phi) is 5.03. The molecule has 6 nitrogen and oxygen atoms in total. The molecule has 0 fully saturated rings. The molecule has 1 N–H and O–H groups in total. The van der Waals surface area contributed by atoms with Gasteiger partial charge in [0.2, 0.25) is 5.91 Å². The number of likely N-dealkylation sites (N-methyl/N-ethyl adjacent to an activating group) is 1. The van der Waals surface area contributed by atoms with Crippen LogP contribution >= 0.6 is 0 Å². The minimum absolute atomic E-state index is 0.0354. The Bertz CT molecular complexity index is 1100. The van der Waals surface area contributed by atoms with Crippen LogP contribution in [-0.2, 0) is 21.5 Å². The molecule has 1 aromatic heterocycles. The second-order valence-electron chi connectivity index (χ2n) is 8.07. The van der Waals surface area contributed by atoms with Gasteiger partial charge in [-0.25, -0.2) is 0 Å². The molecule has 1 aliphatic rings. The second kappa shape index (κ2) is 7.54. The molecule has 1 atom stereocenters. The molecule has 3 aromatic rings. The van der Waals surface area contributed by atoms with E-state index in [1.807, 2.05) is 76.5 Å². The number of hydrogen-bond donors (Lipinski definition) is 1. The number of Topliss-reactive ketones (excluding diaryl/α,β-unsaturated/α-hetero) is 1. The van der Waals surface area contributed by atoms with Crippen molar-refractivity contribution >= 4 is 11.7 Å². The summed E-state index contributed by atoms with van der Waals surface area (Å²) in [5, 5.41) is 7.14. The van der Waals surface area contributed by atoms with Crippen LogP contribution in [0.2, 0.25) is 0 Å². The van der Waals surface area contributed by atoms with E-state index in [1.54, 1.807) is 4.90 Å². The summed E-state index contributed by atoms with van der Waals surface area (Å²) in [4.78, 5) is 28.1. The standard InChI is InChI=1S/C24H25N3O3/c1-15-23(16(2)30-26-15)18-11-10-17-13-21(28)24(20(17)12-18,19-8-6-5-7-9-19)25-22(29)14-27(3)4/h5-12H,13-14H2,1-4H3,(H,25,29). The zero-order valence-electron chi connectivity index (χ0n) is 17.7. The summed E-state index contributed by atoms with van der Waals surface area (Å²) in [5.41, 5.74) is 3.91. The molecular weight excluding hydrogens is 378 g/mol. The maximum Gasteiger partial charge on any atom is 0.235 e. The predicted octanol–water partition coefficient (Wildman–Crippen LogP) is 3.01. The zero-order chi connectivity index (χ0) is 21.5. The molecule has 0 saturated carbocycles. The van der Waals surface area contributed by atoms with Crippen LogP contribution in [-0.4, -0.2) is 42.4 Å². The van der Waals surface area contributed by atoms with E-state index in [-0.39, 0.29) is 24.7 Å². The molecule has 0 spiro atoms. The third kappa shape index (κ3) is 3.23. The van der Waals surface area contributed by atoms with E-state index in [1.165, 1.54) is 0 Å². The molecule has 154 valence electrons. The van der Waals surface area contributed by atoms with Crippen molar-refractivity contribution < 1.29 is 14.1 Å². The summed E-state index contributed by atoms with van der Waals surface area (Å²) in [7, 11) is 3.66. The lowest BCUT2D eigenvalue weighted by Crippen LogP contribution is -2.52. The topological polar surface area (TPSA) is 75.4 Å². The third-order valence-corrected chi connectivity index (χ3v) is 5.60. The molecule has 0 saturated heterocycles. The van der Waals surface area contributed by atoms with Crippen LogP contribution in [0.25, 0.3) is 11.1 Å². The van der Waals surface area contributed by atoms with Gasteiger partial charge in [0.25, 0.3) is 0 Å². The fourth-order valence-corrected chi connectivity index (χ4v) is 4.34. The number of carbonyl (C=O) groups is 2. The minimum Gasteiger partial charge on any atom is -0.361 e. The normalized spacial score (nSPS) is 18.0. The van der Waals surface area contributed by atoms with Crippen molar-refractivity contribution in [3.63, 3.8) is 0 Å². The van der Waals surface area contributed by atoms with Gasteiger partial charge in [0.05, 0.1) is 12.2 Å². The number of fused-ring (bicyclic) bond motifs is 1. The van der Waals surface area contributed by atoms with Gasteiger partial charge in [-0.2, -0.15) is 0 Å². The molecule has 30 heavy (non-hydrogen) atoms. The van der Waals surface area contributed by atoms with Crippen molar-refractivity contribution in [1.29, 1.82) is 0 Å². The van der Waals surface area contributed by atoms with Crippen LogP contribution in [0.1, 0.15) is 28.1 Å². The molecule has 1 unspecified atom stereocenters. The molecule has 4 rings (SSSR count). The van der Waals surface area contributed by atoms with Gasteiger partial charge in [-0.1, -0.05) is 47.6 Å². The zero-order valence-corrected chi connectivity index (χ0v) is 17.7. The smallest absolute Gasteiger partial charge is 0.235 e. The lowest BCUT2D eigenvalue weighted by Gasteiger charge is -2.31. The van der Waals surface area contributed by atoms with Crippen molar-refractivity contribution in [3.8, 4) is 11.1 Å². The van der Waals surface area contributed by atoms with E-state index in [0.29, 0.717) is 0 Å². The van der Waals surface area contributed by atoms with Crippen molar-refractivity contribution in [1.82, 2.24) is 15.4 Å². The Labute approximate surface area is 175 Å². The average molecular weight is 403 g/mol. The molecule has 2 aromatic carbocycles. The molecule has 0 bridgehead atoms. The first-order valence-corrected chi connectivity index (χ1v) is 9.94. The Hall–Kier alpha value is -3.25. The van der Waals surface area contributed by atoms with Crippen molar-refractivity contribution in [3.05, 3.63) is 76.7 Å².